The van der Waals surface area contributed by atoms with Gasteiger partial charge in [-0.2, -0.15) is 5.10 Å². The quantitative estimate of drug-likeness (QED) is 0.497. The van der Waals surface area contributed by atoms with Gasteiger partial charge in [-0.05, 0) is 70.5 Å². The molecule has 37 heavy (non-hydrogen) atoms. The Labute approximate surface area is 219 Å². The van der Waals surface area contributed by atoms with Gasteiger partial charge in [-0.1, -0.05) is 17.7 Å². The lowest BCUT2D eigenvalue weighted by Crippen LogP contribution is -2.43. The molecular weight excluding hydrogens is 470 g/mol. The summed E-state index contributed by atoms with van der Waals surface area (Å²) in [5, 5.41) is 6.51. The molecule has 1 amide bonds. The highest BCUT2D eigenvalue weighted by Crippen LogP contribution is 2.39. The average Bonchev–Trinajstić information content (AvgIpc) is 3.35. The average molecular weight is 508 g/mol. The van der Waals surface area contributed by atoms with E-state index in [2.05, 4.69) is 36.9 Å². The number of benzene rings is 2. The Bertz CT molecular complexity index is 1170. The third-order valence-corrected chi connectivity index (χ3v) is 7.24. The van der Waals surface area contributed by atoms with Crippen LogP contribution in [0.5, 0.6) is 11.5 Å². The summed E-state index contributed by atoms with van der Waals surface area (Å²) in [7, 11) is 3.24. The number of likely N-dealkylation sites (tertiary alicyclic amines) is 1. The number of rotatable bonds is 8. The summed E-state index contributed by atoms with van der Waals surface area (Å²) in [6, 6.07) is 11.7. The summed E-state index contributed by atoms with van der Waals surface area (Å²) in [5.74, 6) is 1.05. The minimum Gasteiger partial charge on any atom is -0.497 e. The summed E-state index contributed by atoms with van der Waals surface area (Å²) >= 11 is 0. The number of carbonyl (C=O) groups excluding carboxylic acids is 2. The third-order valence-electron chi connectivity index (χ3n) is 7.24. The minimum absolute atomic E-state index is 0.0715. The highest BCUT2D eigenvalue weighted by Gasteiger charge is 2.36. The maximum atomic E-state index is 13.7. The summed E-state index contributed by atoms with van der Waals surface area (Å²) in [6.45, 7) is 7.94. The van der Waals surface area contributed by atoms with E-state index in [-0.39, 0.29) is 30.4 Å². The van der Waals surface area contributed by atoms with Crippen molar-refractivity contribution in [1.29, 1.82) is 0 Å². The smallest absolute Gasteiger partial charge is 0.309 e. The minimum atomic E-state index is -0.291. The van der Waals surface area contributed by atoms with Crippen molar-refractivity contribution in [2.45, 2.75) is 46.1 Å². The molecule has 0 aromatic heterocycles. The van der Waals surface area contributed by atoms with Gasteiger partial charge in [0.1, 0.15) is 11.5 Å². The number of carbonyl (C=O) groups is 2. The molecule has 0 radical (unpaired) electrons. The Balaban J connectivity index is 1.58. The van der Waals surface area contributed by atoms with Crippen LogP contribution in [0, 0.1) is 19.8 Å². The number of ether oxygens (including phenoxy) is 3. The van der Waals surface area contributed by atoms with E-state index in [4.69, 9.17) is 19.3 Å². The molecule has 1 atom stereocenters. The molecule has 0 aliphatic carbocycles. The molecule has 0 N–H and O–H groups in total. The molecule has 198 valence electrons. The summed E-state index contributed by atoms with van der Waals surface area (Å²) < 4.78 is 16.3. The molecule has 8 heteroatoms. The van der Waals surface area contributed by atoms with E-state index >= 15 is 0 Å². The monoisotopic (exact) mass is 507 g/mol. The van der Waals surface area contributed by atoms with E-state index in [9.17, 15) is 9.59 Å². The lowest BCUT2D eigenvalue weighted by molar-refractivity contribution is -0.149. The standard InChI is InChI=1S/C29H37N3O5/c1-6-37-29(34)21-11-13-31(14-12-21)18-28(33)32-26(23-10-9-22(35-4)16-27(23)36-5)17-25(30-32)24-15-19(2)7-8-20(24)3/h7-10,15-16,21,26H,6,11-14,17-18H2,1-5H3. The number of hydrogen-bond acceptors (Lipinski definition) is 7. The molecule has 1 saturated heterocycles. The van der Waals surface area contributed by atoms with Gasteiger partial charge in [0, 0.05) is 23.6 Å². The van der Waals surface area contributed by atoms with Crippen molar-refractivity contribution in [3.63, 3.8) is 0 Å². The normalized spacial score (nSPS) is 18.5. The molecule has 2 heterocycles. The number of aryl methyl sites for hydroxylation is 2. The van der Waals surface area contributed by atoms with Gasteiger partial charge in [-0.3, -0.25) is 14.5 Å². The van der Waals surface area contributed by atoms with Gasteiger partial charge in [-0.15, -0.1) is 0 Å². The van der Waals surface area contributed by atoms with E-state index in [1.54, 1.807) is 19.2 Å². The zero-order valence-corrected chi connectivity index (χ0v) is 22.5. The van der Waals surface area contributed by atoms with Gasteiger partial charge < -0.3 is 14.2 Å². The van der Waals surface area contributed by atoms with Gasteiger partial charge in [0.15, 0.2) is 0 Å². The van der Waals surface area contributed by atoms with Gasteiger partial charge in [0.2, 0.25) is 0 Å². The van der Waals surface area contributed by atoms with Crippen LogP contribution in [0.25, 0.3) is 0 Å². The van der Waals surface area contributed by atoms with Crippen LogP contribution in [-0.2, 0) is 14.3 Å². The highest BCUT2D eigenvalue weighted by atomic mass is 16.5. The second kappa shape index (κ2) is 11.8. The molecule has 0 saturated carbocycles. The maximum absolute atomic E-state index is 13.7. The van der Waals surface area contributed by atoms with Crippen LogP contribution in [0.4, 0.5) is 0 Å². The molecule has 8 nitrogen and oxygen atoms in total. The molecule has 4 rings (SSSR count). The molecule has 0 bridgehead atoms. The van der Waals surface area contributed by atoms with E-state index in [0.717, 1.165) is 28.0 Å². The molecule has 1 unspecified atom stereocenters. The van der Waals surface area contributed by atoms with Gasteiger partial charge in [0.05, 0.1) is 45.0 Å². The van der Waals surface area contributed by atoms with Gasteiger partial charge in [0.25, 0.3) is 5.91 Å². The first-order valence-corrected chi connectivity index (χ1v) is 12.9. The first-order valence-electron chi connectivity index (χ1n) is 12.9. The Morgan fingerprint density at radius 2 is 1.78 bits per heavy atom. The fraction of sp³-hybridized carbons (Fsp3) is 0.483. The Hall–Kier alpha value is -3.39. The van der Waals surface area contributed by atoms with Crippen molar-refractivity contribution in [1.82, 2.24) is 9.91 Å². The fourth-order valence-electron chi connectivity index (χ4n) is 5.14. The van der Waals surface area contributed by atoms with Crippen LogP contribution in [0.15, 0.2) is 41.5 Å². The maximum Gasteiger partial charge on any atom is 0.309 e. The third kappa shape index (κ3) is 5.96. The topological polar surface area (TPSA) is 80.7 Å². The van der Waals surface area contributed by atoms with E-state index < -0.39 is 0 Å². The molecule has 2 aliphatic rings. The van der Waals surface area contributed by atoms with E-state index in [1.165, 1.54) is 0 Å². The highest BCUT2D eigenvalue weighted by molar-refractivity contribution is 6.04. The predicted octanol–water partition coefficient (Wildman–Crippen LogP) is 4.27. The molecule has 2 aliphatic heterocycles. The van der Waals surface area contributed by atoms with Crippen molar-refractivity contribution in [2.24, 2.45) is 11.0 Å². The first kappa shape index (κ1) is 26.7. The number of hydrogen-bond donors (Lipinski definition) is 0. The Morgan fingerprint density at radius 3 is 2.46 bits per heavy atom. The number of methoxy groups -OCH3 is 2. The van der Waals surface area contributed by atoms with Crippen molar-refractivity contribution < 1.29 is 23.8 Å². The molecule has 1 fully saturated rings. The second-order valence-corrected chi connectivity index (χ2v) is 9.73. The zero-order valence-electron chi connectivity index (χ0n) is 22.5. The first-order chi connectivity index (χ1) is 17.8. The molecule has 2 aromatic carbocycles. The number of amides is 1. The molecule has 0 spiro atoms. The van der Waals surface area contributed by atoms with Crippen LogP contribution < -0.4 is 9.47 Å². The van der Waals surface area contributed by atoms with Gasteiger partial charge >= 0.3 is 5.97 Å². The Kier molecular flexibility index (Phi) is 8.48. The molecular formula is C29H37N3O5. The number of piperidine rings is 1. The Morgan fingerprint density at radius 1 is 1.03 bits per heavy atom. The van der Waals surface area contributed by atoms with Crippen LogP contribution >= 0.6 is 0 Å². The van der Waals surface area contributed by atoms with Crippen molar-refractivity contribution >= 4 is 17.6 Å². The lowest BCUT2D eigenvalue weighted by Gasteiger charge is -2.32. The van der Waals surface area contributed by atoms with Crippen LogP contribution in [-0.4, -0.2) is 68.0 Å². The number of esters is 1. The van der Waals surface area contributed by atoms with Crippen molar-refractivity contribution in [2.75, 3.05) is 40.5 Å². The van der Waals surface area contributed by atoms with Crippen LogP contribution in [0.3, 0.4) is 0 Å². The van der Waals surface area contributed by atoms with Crippen LogP contribution in [0.2, 0.25) is 0 Å². The number of hydrazone groups is 1. The molecule has 2 aromatic rings. The summed E-state index contributed by atoms with van der Waals surface area (Å²) in [4.78, 5) is 27.9. The van der Waals surface area contributed by atoms with Crippen LogP contribution in [0.1, 0.15) is 54.5 Å². The van der Waals surface area contributed by atoms with E-state index in [1.807, 2.05) is 25.1 Å². The fourth-order valence-corrected chi connectivity index (χ4v) is 5.14. The lowest BCUT2D eigenvalue weighted by atomic mass is 9.94. The van der Waals surface area contributed by atoms with Gasteiger partial charge in [-0.25, -0.2) is 5.01 Å². The second-order valence-electron chi connectivity index (χ2n) is 9.73. The number of nitrogens with zero attached hydrogens (tertiary/aromatic N) is 3. The summed E-state index contributed by atoms with van der Waals surface area (Å²) in [5.41, 5.74) is 5.11. The zero-order chi connectivity index (χ0) is 26.5. The van der Waals surface area contributed by atoms with E-state index in [0.29, 0.717) is 50.5 Å². The predicted molar refractivity (Wildman–Crippen MR) is 142 cm³/mol. The SMILES string of the molecule is CCOC(=O)C1CCN(CC(=O)N2N=C(c3cc(C)ccc3C)CC2c2ccc(OC)cc2OC)CC1. The van der Waals surface area contributed by atoms with Crippen molar-refractivity contribution in [3.8, 4) is 11.5 Å². The largest absolute Gasteiger partial charge is 0.497 e. The summed E-state index contributed by atoms with van der Waals surface area (Å²) in [6.07, 6.45) is 1.97. The van der Waals surface area contributed by atoms with Crippen molar-refractivity contribution in [3.05, 3.63) is 58.7 Å².